The molecule has 6 heteroatoms. The maximum Gasteiger partial charge on any atom is 0.377 e. The van der Waals surface area contributed by atoms with E-state index in [0.717, 1.165) is 11.3 Å². The van der Waals surface area contributed by atoms with Crippen molar-refractivity contribution >= 4 is 5.97 Å². The Morgan fingerprint density at radius 1 is 1.37 bits per heavy atom. The van der Waals surface area contributed by atoms with Gasteiger partial charge in [-0.3, -0.25) is 0 Å². The van der Waals surface area contributed by atoms with Gasteiger partial charge in [-0.25, -0.2) is 4.79 Å². The topological polar surface area (TPSA) is 47.6 Å². The third-order valence-electron chi connectivity index (χ3n) is 3.35. The highest BCUT2D eigenvalue weighted by Crippen LogP contribution is 2.33. The number of halogens is 2. The summed E-state index contributed by atoms with van der Waals surface area (Å²) in [6.07, 6.45) is -1.34. The highest BCUT2D eigenvalue weighted by Gasteiger charge is 2.50. The minimum Gasteiger partial charge on any atom is -0.491 e. The van der Waals surface area contributed by atoms with Crippen LogP contribution in [-0.4, -0.2) is 31.1 Å². The van der Waals surface area contributed by atoms with E-state index in [1.165, 1.54) is 0 Å². The van der Waals surface area contributed by atoms with Crippen molar-refractivity contribution in [3.05, 3.63) is 29.8 Å². The second-order valence-electron chi connectivity index (χ2n) is 4.75. The Morgan fingerprint density at radius 2 is 2.16 bits per heavy atom. The molecular weight excluding hydrogens is 256 g/mol. The lowest BCUT2D eigenvalue weighted by atomic mass is 10.1. The van der Waals surface area contributed by atoms with Gasteiger partial charge in [0, 0.05) is 12.1 Å². The van der Waals surface area contributed by atoms with Crippen molar-refractivity contribution in [3.8, 4) is 5.75 Å². The number of cyclic esters (lactones) is 1. The van der Waals surface area contributed by atoms with Gasteiger partial charge in [0.25, 0.3) is 0 Å². The molecule has 102 valence electrons. The number of hydrogen-bond acceptors (Lipinski definition) is 4. The van der Waals surface area contributed by atoms with E-state index in [4.69, 9.17) is 4.74 Å². The van der Waals surface area contributed by atoms with Crippen molar-refractivity contribution in [1.29, 1.82) is 0 Å². The molecule has 2 unspecified atom stereocenters. The van der Waals surface area contributed by atoms with Crippen molar-refractivity contribution in [1.82, 2.24) is 5.32 Å². The number of fused-ring (bicyclic) bond motifs is 1. The molecule has 1 N–H and O–H groups in total. The molecule has 1 aromatic rings. The number of para-hydroxylation sites is 1. The zero-order valence-electron chi connectivity index (χ0n) is 10.1. The van der Waals surface area contributed by atoms with E-state index in [1.54, 1.807) is 0 Å². The number of carbonyl (C=O) groups is 1. The maximum atomic E-state index is 13.0. The number of ether oxygens (including phenoxy) is 2. The zero-order chi connectivity index (χ0) is 13.5. The summed E-state index contributed by atoms with van der Waals surface area (Å²) in [6.45, 7) is 0.653. The highest BCUT2D eigenvalue weighted by atomic mass is 19.3. The highest BCUT2D eigenvalue weighted by molar-refractivity contribution is 5.79. The minimum atomic E-state index is -3.35. The van der Waals surface area contributed by atoms with E-state index in [-0.39, 0.29) is 12.6 Å². The molecular formula is C13H13F2NO3. The van der Waals surface area contributed by atoms with Crippen LogP contribution < -0.4 is 10.1 Å². The summed E-state index contributed by atoms with van der Waals surface area (Å²) in [4.78, 5) is 10.9. The summed E-state index contributed by atoms with van der Waals surface area (Å²) in [5.74, 6) is -3.98. The van der Waals surface area contributed by atoms with Crippen LogP contribution in [0.15, 0.2) is 24.3 Å². The Morgan fingerprint density at radius 3 is 2.89 bits per heavy atom. The first-order chi connectivity index (χ1) is 9.06. The summed E-state index contributed by atoms with van der Waals surface area (Å²) >= 11 is 0. The van der Waals surface area contributed by atoms with E-state index >= 15 is 0 Å². The molecule has 3 rings (SSSR count). The minimum absolute atomic E-state index is 0.0517. The van der Waals surface area contributed by atoms with Crippen LogP contribution in [0.4, 0.5) is 8.78 Å². The van der Waals surface area contributed by atoms with Gasteiger partial charge >= 0.3 is 11.9 Å². The van der Waals surface area contributed by atoms with Crippen molar-refractivity contribution in [2.75, 3.05) is 13.2 Å². The molecule has 4 nitrogen and oxygen atoms in total. The summed E-state index contributed by atoms with van der Waals surface area (Å²) in [5, 5.41) is 3.10. The van der Waals surface area contributed by atoms with E-state index < -0.39 is 24.4 Å². The van der Waals surface area contributed by atoms with Gasteiger partial charge in [0.15, 0.2) is 0 Å². The maximum absolute atomic E-state index is 13.0. The molecule has 2 heterocycles. The summed E-state index contributed by atoms with van der Waals surface area (Å²) in [6, 6.07) is 7.51. The average Bonchev–Trinajstić information content (AvgIpc) is 2.89. The fourth-order valence-corrected chi connectivity index (χ4v) is 2.37. The first-order valence-electron chi connectivity index (χ1n) is 6.10. The summed E-state index contributed by atoms with van der Waals surface area (Å²) < 4.78 is 36.1. The van der Waals surface area contributed by atoms with Crippen LogP contribution in [0.25, 0.3) is 0 Å². The lowest BCUT2D eigenvalue weighted by Crippen LogP contribution is -2.31. The van der Waals surface area contributed by atoms with Crippen LogP contribution in [-0.2, 0) is 9.53 Å². The summed E-state index contributed by atoms with van der Waals surface area (Å²) in [7, 11) is 0. The Balaban J connectivity index is 1.59. The van der Waals surface area contributed by atoms with Gasteiger partial charge in [0.2, 0.25) is 0 Å². The molecule has 0 aliphatic carbocycles. The molecule has 2 atom stereocenters. The van der Waals surface area contributed by atoms with Crippen molar-refractivity contribution in [2.24, 2.45) is 0 Å². The Kier molecular flexibility index (Phi) is 2.89. The van der Waals surface area contributed by atoms with Crippen molar-refractivity contribution in [2.45, 2.75) is 24.5 Å². The molecule has 19 heavy (non-hydrogen) atoms. The molecule has 0 aromatic heterocycles. The van der Waals surface area contributed by atoms with Crippen LogP contribution in [0.5, 0.6) is 5.75 Å². The monoisotopic (exact) mass is 269 g/mol. The van der Waals surface area contributed by atoms with Crippen molar-refractivity contribution < 1.29 is 23.0 Å². The molecule has 1 fully saturated rings. The standard InChI is InChI=1S/C13H13F2NO3/c14-13(15)5-8(19-12(13)17)6-16-10-7-18-11-4-2-1-3-9(10)11/h1-4,8,10,16H,5-7H2. The average molecular weight is 269 g/mol. The van der Waals surface area contributed by atoms with Crippen LogP contribution in [0.1, 0.15) is 18.0 Å². The SMILES string of the molecule is O=C1OC(CNC2COc3ccccc32)CC1(F)F. The zero-order valence-corrected chi connectivity index (χ0v) is 10.1. The van der Waals surface area contributed by atoms with Gasteiger partial charge in [-0.15, -0.1) is 0 Å². The third-order valence-corrected chi connectivity index (χ3v) is 3.35. The number of rotatable bonds is 3. The van der Waals surface area contributed by atoms with Gasteiger partial charge < -0.3 is 14.8 Å². The number of alkyl halides is 2. The molecule has 0 saturated carbocycles. The predicted octanol–water partition coefficient (Wildman–Crippen LogP) is 1.66. The fraction of sp³-hybridized carbons (Fsp3) is 0.462. The van der Waals surface area contributed by atoms with Gasteiger partial charge in [0.1, 0.15) is 18.5 Å². The fourth-order valence-electron chi connectivity index (χ4n) is 2.37. The molecule has 0 spiro atoms. The van der Waals surface area contributed by atoms with Crippen LogP contribution >= 0.6 is 0 Å². The normalized spacial score (nSPS) is 27.8. The van der Waals surface area contributed by atoms with E-state index in [0.29, 0.717) is 6.61 Å². The number of carbonyl (C=O) groups excluding carboxylic acids is 1. The lowest BCUT2D eigenvalue weighted by molar-refractivity contribution is -0.159. The molecule has 1 saturated heterocycles. The third kappa shape index (κ3) is 2.28. The van der Waals surface area contributed by atoms with Gasteiger partial charge in [-0.1, -0.05) is 18.2 Å². The molecule has 2 aliphatic heterocycles. The molecule has 1 aromatic carbocycles. The first kappa shape index (κ1) is 12.3. The van der Waals surface area contributed by atoms with E-state index in [2.05, 4.69) is 10.1 Å². The van der Waals surface area contributed by atoms with Crippen LogP contribution in [0.2, 0.25) is 0 Å². The molecule has 0 radical (unpaired) electrons. The van der Waals surface area contributed by atoms with Crippen LogP contribution in [0.3, 0.4) is 0 Å². The number of hydrogen-bond donors (Lipinski definition) is 1. The largest absolute Gasteiger partial charge is 0.491 e. The second kappa shape index (κ2) is 4.45. The Labute approximate surface area is 108 Å². The number of esters is 1. The lowest BCUT2D eigenvalue weighted by Gasteiger charge is -2.14. The Hall–Kier alpha value is -1.69. The Bertz CT molecular complexity index is 506. The predicted molar refractivity (Wildman–Crippen MR) is 62.1 cm³/mol. The van der Waals surface area contributed by atoms with Crippen molar-refractivity contribution in [3.63, 3.8) is 0 Å². The van der Waals surface area contributed by atoms with Crippen LogP contribution in [0, 0.1) is 0 Å². The second-order valence-corrected chi connectivity index (χ2v) is 4.75. The number of benzene rings is 1. The first-order valence-corrected chi connectivity index (χ1v) is 6.10. The van der Waals surface area contributed by atoms with Gasteiger partial charge in [-0.2, -0.15) is 8.78 Å². The van der Waals surface area contributed by atoms with Gasteiger partial charge in [-0.05, 0) is 6.07 Å². The van der Waals surface area contributed by atoms with E-state index in [9.17, 15) is 13.6 Å². The van der Waals surface area contributed by atoms with Gasteiger partial charge in [0.05, 0.1) is 12.5 Å². The van der Waals surface area contributed by atoms with E-state index in [1.807, 2.05) is 24.3 Å². The smallest absolute Gasteiger partial charge is 0.377 e. The quantitative estimate of drug-likeness (QED) is 0.848. The molecule has 0 bridgehead atoms. The number of nitrogens with one attached hydrogen (secondary N) is 1. The summed E-state index contributed by atoms with van der Waals surface area (Å²) in [5.41, 5.74) is 0.999. The molecule has 2 aliphatic rings. The molecule has 0 amide bonds.